The monoisotopic (exact) mass is 430 g/mol. The van der Waals surface area contributed by atoms with Crippen molar-refractivity contribution >= 4 is 23.6 Å². The van der Waals surface area contributed by atoms with Crippen LogP contribution < -0.4 is 24.8 Å². The minimum absolute atomic E-state index is 0.138. The van der Waals surface area contributed by atoms with E-state index in [9.17, 15) is 9.59 Å². The Morgan fingerprint density at radius 2 is 1.81 bits per heavy atom. The number of anilines is 1. The number of fused-ring (bicyclic) bond motifs is 1. The topological polar surface area (TPSA) is 85.9 Å². The lowest BCUT2D eigenvalue weighted by molar-refractivity contribution is -0.115. The van der Waals surface area contributed by atoms with Gasteiger partial charge >= 0.3 is 0 Å². The normalized spacial score (nSPS) is 13.6. The number of benzene rings is 3. The Morgan fingerprint density at radius 3 is 2.56 bits per heavy atom. The molecule has 0 aromatic heterocycles. The zero-order chi connectivity index (χ0) is 22.5. The molecule has 3 aromatic rings. The summed E-state index contributed by atoms with van der Waals surface area (Å²) in [7, 11) is 3.17. The molecule has 1 heterocycles. The van der Waals surface area contributed by atoms with Crippen LogP contribution in [0.5, 0.6) is 17.2 Å². The summed E-state index contributed by atoms with van der Waals surface area (Å²) >= 11 is 0. The molecule has 2 N–H and O–H groups in total. The number of carbonyl (C=O) groups is 2. The Bertz CT molecular complexity index is 1190. The Labute approximate surface area is 185 Å². The molecular formula is C25H22N2O5. The molecule has 0 spiro atoms. The number of nitrogens with one attached hydrogen (secondary N) is 2. The molecule has 0 aliphatic carbocycles. The molecule has 0 bridgehead atoms. The molecule has 0 atom stereocenters. The second-order valence-corrected chi connectivity index (χ2v) is 7.05. The molecule has 1 aliphatic heterocycles. The van der Waals surface area contributed by atoms with E-state index in [1.165, 1.54) is 0 Å². The van der Waals surface area contributed by atoms with Crippen molar-refractivity contribution in [1.82, 2.24) is 5.32 Å². The average molecular weight is 430 g/mol. The fourth-order valence-corrected chi connectivity index (χ4v) is 3.26. The highest BCUT2D eigenvalue weighted by Gasteiger charge is 2.23. The van der Waals surface area contributed by atoms with Crippen LogP contribution in [0, 0.1) is 0 Å². The maximum Gasteiger partial charge on any atom is 0.291 e. The van der Waals surface area contributed by atoms with Crippen LogP contribution in [0.2, 0.25) is 0 Å². The number of para-hydroxylation sites is 1. The second kappa shape index (κ2) is 9.26. The molecule has 3 aromatic carbocycles. The molecular weight excluding hydrogens is 408 g/mol. The van der Waals surface area contributed by atoms with E-state index in [4.69, 9.17) is 14.2 Å². The summed E-state index contributed by atoms with van der Waals surface area (Å²) in [6, 6.07) is 19.7. The lowest BCUT2D eigenvalue weighted by Crippen LogP contribution is -2.25. The van der Waals surface area contributed by atoms with Gasteiger partial charge in [0.05, 0.1) is 19.9 Å². The van der Waals surface area contributed by atoms with E-state index in [2.05, 4.69) is 10.6 Å². The molecule has 0 saturated heterocycles. The highest BCUT2D eigenvalue weighted by Crippen LogP contribution is 2.33. The highest BCUT2D eigenvalue weighted by molar-refractivity contribution is 6.09. The predicted molar refractivity (Wildman–Crippen MR) is 121 cm³/mol. The van der Waals surface area contributed by atoms with E-state index in [-0.39, 0.29) is 11.7 Å². The number of rotatable bonds is 6. The smallest absolute Gasteiger partial charge is 0.291 e. The number of methoxy groups -OCH3 is 2. The maximum atomic E-state index is 12.6. The number of carbonyl (C=O) groups excluding carboxylic acids is 2. The summed E-state index contributed by atoms with van der Waals surface area (Å²) in [5.41, 5.74) is 2.51. The Balaban J connectivity index is 1.47. The fraction of sp³-hybridized carbons (Fsp3) is 0.120. The van der Waals surface area contributed by atoms with Gasteiger partial charge < -0.3 is 24.8 Å². The fourth-order valence-electron chi connectivity index (χ4n) is 3.26. The highest BCUT2D eigenvalue weighted by atomic mass is 16.5. The zero-order valence-electron chi connectivity index (χ0n) is 17.7. The van der Waals surface area contributed by atoms with Crippen molar-refractivity contribution in [2.24, 2.45) is 0 Å². The standard InChI is InChI=1S/C25H22N2O5/c1-30-19-10-7-16(8-11-19)15-26-24(28)18-9-12-22-20(13-18)27-25(29)23(32-22)14-17-5-3-4-6-21(17)31-2/h3-14H,15H2,1-2H3,(H,26,28)(H,27,29)/b23-14-. The average Bonchev–Trinajstić information content (AvgIpc) is 2.83. The van der Waals surface area contributed by atoms with Crippen molar-refractivity contribution in [3.8, 4) is 17.2 Å². The van der Waals surface area contributed by atoms with Crippen LogP contribution in [0.25, 0.3) is 6.08 Å². The number of ether oxygens (including phenoxy) is 3. The number of hydrogen-bond donors (Lipinski definition) is 2. The number of amides is 2. The molecule has 162 valence electrons. The molecule has 7 heteroatoms. The molecule has 0 fully saturated rings. The summed E-state index contributed by atoms with van der Waals surface area (Å²) in [4.78, 5) is 25.1. The van der Waals surface area contributed by atoms with Gasteiger partial charge in [-0.1, -0.05) is 30.3 Å². The van der Waals surface area contributed by atoms with Crippen LogP contribution in [0.4, 0.5) is 5.69 Å². The molecule has 7 nitrogen and oxygen atoms in total. The van der Waals surface area contributed by atoms with Crippen molar-refractivity contribution in [1.29, 1.82) is 0 Å². The lowest BCUT2D eigenvalue weighted by Gasteiger charge is -2.21. The van der Waals surface area contributed by atoms with Gasteiger partial charge in [0.1, 0.15) is 11.5 Å². The summed E-state index contributed by atoms with van der Waals surface area (Å²) in [6.45, 7) is 0.370. The van der Waals surface area contributed by atoms with Gasteiger partial charge in [-0.15, -0.1) is 0 Å². The molecule has 32 heavy (non-hydrogen) atoms. The Hall–Kier alpha value is -4.26. The first kappa shape index (κ1) is 21.0. The van der Waals surface area contributed by atoms with E-state index in [0.717, 1.165) is 16.9 Å². The zero-order valence-corrected chi connectivity index (χ0v) is 17.7. The van der Waals surface area contributed by atoms with Gasteiger partial charge in [-0.2, -0.15) is 0 Å². The largest absolute Gasteiger partial charge is 0.497 e. The quantitative estimate of drug-likeness (QED) is 0.577. The van der Waals surface area contributed by atoms with E-state index in [0.29, 0.717) is 29.3 Å². The van der Waals surface area contributed by atoms with Gasteiger partial charge in [0.25, 0.3) is 11.8 Å². The summed E-state index contributed by atoms with van der Waals surface area (Å²) in [5.74, 6) is 1.32. The predicted octanol–water partition coefficient (Wildman–Crippen LogP) is 4.01. The lowest BCUT2D eigenvalue weighted by atomic mass is 10.1. The van der Waals surface area contributed by atoms with Gasteiger partial charge in [-0.05, 0) is 48.0 Å². The van der Waals surface area contributed by atoms with Gasteiger partial charge in [-0.3, -0.25) is 9.59 Å². The minimum atomic E-state index is -0.404. The van der Waals surface area contributed by atoms with E-state index in [1.807, 2.05) is 42.5 Å². The summed E-state index contributed by atoms with van der Waals surface area (Å²) in [5, 5.41) is 5.65. The summed E-state index contributed by atoms with van der Waals surface area (Å²) < 4.78 is 16.2. The second-order valence-electron chi connectivity index (χ2n) is 7.05. The van der Waals surface area contributed by atoms with Crippen molar-refractivity contribution in [2.45, 2.75) is 6.54 Å². The van der Waals surface area contributed by atoms with Crippen LogP contribution in [-0.2, 0) is 11.3 Å². The van der Waals surface area contributed by atoms with E-state index in [1.54, 1.807) is 44.6 Å². The Morgan fingerprint density at radius 1 is 1.03 bits per heavy atom. The van der Waals surface area contributed by atoms with Crippen LogP contribution in [0.3, 0.4) is 0 Å². The SMILES string of the molecule is COc1ccc(CNC(=O)c2ccc3c(c2)NC(=O)/C(=C/c2ccccc2OC)O3)cc1. The minimum Gasteiger partial charge on any atom is -0.497 e. The van der Waals surface area contributed by atoms with Gasteiger partial charge in [0, 0.05) is 17.7 Å². The van der Waals surface area contributed by atoms with Gasteiger partial charge in [0.15, 0.2) is 11.5 Å². The first-order valence-corrected chi connectivity index (χ1v) is 9.96. The van der Waals surface area contributed by atoms with Gasteiger partial charge in [-0.25, -0.2) is 0 Å². The van der Waals surface area contributed by atoms with E-state index >= 15 is 0 Å². The van der Waals surface area contributed by atoms with E-state index < -0.39 is 5.91 Å². The van der Waals surface area contributed by atoms with Crippen molar-refractivity contribution in [3.63, 3.8) is 0 Å². The third-order valence-corrected chi connectivity index (χ3v) is 4.97. The first-order chi connectivity index (χ1) is 15.6. The molecule has 2 amide bonds. The third-order valence-electron chi connectivity index (χ3n) is 4.97. The van der Waals surface area contributed by atoms with Gasteiger partial charge in [0.2, 0.25) is 0 Å². The molecule has 4 rings (SSSR count). The van der Waals surface area contributed by atoms with Crippen LogP contribution in [0.1, 0.15) is 21.5 Å². The van der Waals surface area contributed by atoms with Crippen molar-refractivity contribution < 1.29 is 23.8 Å². The summed E-state index contributed by atoms with van der Waals surface area (Å²) in [6.07, 6.45) is 1.62. The third kappa shape index (κ3) is 4.57. The van der Waals surface area contributed by atoms with Crippen molar-refractivity contribution in [2.75, 3.05) is 19.5 Å². The van der Waals surface area contributed by atoms with Crippen LogP contribution >= 0.6 is 0 Å². The molecule has 0 radical (unpaired) electrons. The van der Waals surface area contributed by atoms with Crippen LogP contribution in [0.15, 0.2) is 72.5 Å². The maximum absolute atomic E-state index is 12.6. The number of hydrogen-bond acceptors (Lipinski definition) is 5. The van der Waals surface area contributed by atoms with Crippen LogP contribution in [-0.4, -0.2) is 26.0 Å². The first-order valence-electron chi connectivity index (χ1n) is 9.96. The van der Waals surface area contributed by atoms with Crippen molar-refractivity contribution in [3.05, 3.63) is 89.2 Å². The Kier molecular flexibility index (Phi) is 6.07. The molecule has 0 saturated carbocycles. The molecule has 0 unspecified atom stereocenters. The molecule has 1 aliphatic rings.